The normalized spacial score (nSPS) is 32.3. The minimum atomic E-state index is -0.347. The van der Waals surface area contributed by atoms with Crippen molar-refractivity contribution in [2.75, 3.05) is 32.8 Å². The number of piperazine rings is 1. The van der Waals surface area contributed by atoms with Crippen molar-refractivity contribution in [2.24, 2.45) is 16.7 Å². The summed E-state index contributed by atoms with van der Waals surface area (Å²) in [6.07, 6.45) is 2.75. The number of carbonyl (C=O) groups excluding carboxylic acids is 2. The molecule has 0 spiro atoms. The number of ether oxygens (including phenoxy) is 1. The number of hydrogen-bond acceptors (Lipinski definition) is 3. The van der Waals surface area contributed by atoms with E-state index in [1.807, 2.05) is 4.90 Å². The lowest BCUT2D eigenvalue weighted by atomic mass is 9.68. The van der Waals surface area contributed by atoms with Crippen LogP contribution in [-0.4, -0.2) is 54.6 Å². The van der Waals surface area contributed by atoms with E-state index < -0.39 is 0 Å². The number of fused-ring (bicyclic) bond motifs is 2. The Balaban J connectivity index is 1.67. The lowest BCUT2D eigenvalue weighted by molar-refractivity contribution is -0.141. The van der Waals surface area contributed by atoms with Gasteiger partial charge in [-0.05, 0) is 37.5 Å². The van der Waals surface area contributed by atoms with Crippen LogP contribution in [0.2, 0.25) is 0 Å². The maximum atomic E-state index is 13.2. The Kier molecular flexibility index (Phi) is 3.93. The van der Waals surface area contributed by atoms with Crippen LogP contribution in [-0.2, 0) is 9.53 Å². The van der Waals surface area contributed by atoms with Gasteiger partial charge in [-0.1, -0.05) is 26.0 Å². The third kappa shape index (κ3) is 2.36. The van der Waals surface area contributed by atoms with E-state index in [0.29, 0.717) is 38.7 Å². The minimum Gasteiger partial charge on any atom is -0.450 e. The van der Waals surface area contributed by atoms with Crippen molar-refractivity contribution in [3.8, 4) is 0 Å². The van der Waals surface area contributed by atoms with Crippen LogP contribution in [0.1, 0.15) is 40.0 Å². The Morgan fingerprint density at radius 3 is 2.35 bits per heavy atom. The Morgan fingerprint density at radius 1 is 1.22 bits per heavy atom. The number of rotatable bonds is 2. The maximum Gasteiger partial charge on any atom is 0.409 e. The molecule has 2 unspecified atom stereocenters. The Labute approximate surface area is 138 Å². The molecule has 3 aliphatic rings. The van der Waals surface area contributed by atoms with Crippen molar-refractivity contribution >= 4 is 12.0 Å². The lowest BCUT2D eigenvalue weighted by Crippen LogP contribution is -2.54. The molecule has 2 bridgehead atoms. The molecule has 1 heterocycles. The largest absolute Gasteiger partial charge is 0.450 e. The third-order valence-corrected chi connectivity index (χ3v) is 6.39. The average molecular weight is 320 g/mol. The van der Waals surface area contributed by atoms with E-state index in [1.165, 1.54) is 0 Å². The molecule has 23 heavy (non-hydrogen) atoms. The van der Waals surface area contributed by atoms with Crippen LogP contribution >= 0.6 is 0 Å². The molecule has 2 saturated carbocycles. The first-order valence-electron chi connectivity index (χ1n) is 8.74. The van der Waals surface area contributed by atoms with Crippen molar-refractivity contribution in [2.45, 2.75) is 40.0 Å². The first-order valence-corrected chi connectivity index (χ1v) is 8.74. The first kappa shape index (κ1) is 16.3. The number of amides is 2. The monoisotopic (exact) mass is 320 g/mol. The van der Waals surface area contributed by atoms with Crippen molar-refractivity contribution in [1.82, 2.24) is 9.80 Å². The molecule has 1 aliphatic heterocycles. The van der Waals surface area contributed by atoms with Crippen molar-refractivity contribution in [1.29, 1.82) is 0 Å². The zero-order valence-electron chi connectivity index (χ0n) is 14.6. The zero-order chi connectivity index (χ0) is 16.8. The highest BCUT2D eigenvalue weighted by Crippen LogP contribution is 2.65. The molecule has 2 amide bonds. The van der Waals surface area contributed by atoms with Crippen molar-refractivity contribution < 1.29 is 14.3 Å². The molecular weight excluding hydrogens is 292 g/mol. The van der Waals surface area contributed by atoms with E-state index in [9.17, 15) is 9.59 Å². The van der Waals surface area contributed by atoms with E-state index in [2.05, 4.69) is 20.4 Å². The number of nitrogens with zero attached hydrogens (tertiary/aromatic N) is 2. The molecule has 0 radical (unpaired) electrons. The number of carbonyl (C=O) groups is 2. The molecule has 3 rings (SSSR count). The van der Waals surface area contributed by atoms with Crippen LogP contribution in [0.15, 0.2) is 12.2 Å². The van der Waals surface area contributed by atoms with Crippen LogP contribution in [0.5, 0.6) is 0 Å². The summed E-state index contributed by atoms with van der Waals surface area (Å²) in [5, 5.41) is 0. The molecule has 0 aromatic rings. The zero-order valence-corrected chi connectivity index (χ0v) is 14.6. The Hall–Kier alpha value is -1.52. The van der Waals surface area contributed by atoms with Crippen molar-refractivity contribution in [3.63, 3.8) is 0 Å². The van der Waals surface area contributed by atoms with Crippen LogP contribution in [0.4, 0.5) is 4.79 Å². The van der Waals surface area contributed by atoms with Gasteiger partial charge in [0.25, 0.3) is 0 Å². The van der Waals surface area contributed by atoms with Crippen LogP contribution in [0.3, 0.4) is 0 Å². The minimum absolute atomic E-state index is 0.0701. The summed E-state index contributed by atoms with van der Waals surface area (Å²) < 4.78 is 5.04. The van der Waals surface area contributed by atoms with E-state index in [4.69, 9.17) is 4.74 Å². The molecule has 0 aromatic carbocycles. The van der Waals surface area contributed by atoms with Gasteiger partial charge in [0.15, 0.2) is 0 Å². The maximum absolute atomic E-state index is 13.2. The molecule has 0 aromatic heterocycles. The molecular formula is C18H28N2O3. The van der Waals surface area contributed by atoms with Gasteiger partial charge in [-0.3, -0.25) is 4.79 Å². The predicted octanol–water partition coefficient (Wildman–Crippen LogP) is 2.67. The van der Waals surface area contributed by atoms with Gasteiger partial charge in [0.1, 0.15) is 0 Å². The van der Waals surface area contributed by atoms with Gasteiger partial charge in [0.2, 0.25) is 5.91 Å². The summed E-state index contributed by atoms with van der Waals surface area (Å²) in [4.78, 5) is 28.6. The van der Waals surface area contributed by atoms with Crippen LogP contribution in [0, 0.1) is 16.7 Å². The van der Waals surface area contributed by atoms with E-state index in [1.54, 1.807) is 11.8 Å². The highest BCUT2D eigenvalue weighted by molar-refractivity contribution is 5.88. The van der Waals surface area contributed by atoms with Gasteiger partial charge in [-0.15, -0.1) is 0 Å². The summed E-state index contributed by atoms with van der Waals surface area (Å²) in [7, 11) is 0. The molecule has 1 saturated heterocycles. The molecule has 128 valence electrons. The smallest absolute Gasteiger partial charge is 0.409 e. The highest BCUT2D eigenvalue weighted by atomic mass is 16.6. The fourth-order valence-corrected chi connectivity index (χ4v) is 4.73. The second-order valence-corrected chi connectivity index (χ2v) is 7.70. The third-order valence-electron chi connectivity index (χ3n) is 6.39. The SMILES string of the molecule is C=C1C2(C(=O)N3CCN(C(=O)OCC)CC3)CCC(C2)C1(C)C. The molecule has 5 heteroatoms. The average Bonchev–Trinajstić information content (AvgIpc) is 3.07. The summed E-state index contributed by atoms with van der Waals surface area (Å²) in [6.45, 7) is 13.3. The fraction of sp³-hybridized carbons (Fsp3) is 0.778. The molecule has 5 nitrogen and oxygen atoms in total. The predicted molar refractivity (Wildman–Crippen MR) is 87.9 cm³/mol. The van der Waals surface area contributed by atoms with Gasteiger partial charge in [-0.2, -0.15) is 0 Å². The molecule has 3 fully saturated rings. The van der Waals surface area contributed by atoms with E-state index >= 15 is 0 Å². The molecule has 0 N–H and O–H groups in total. The second-order valence-electron chi connectivity index (χ2n) is 7.70. The molecule has 2 aliphatic carbocycles. The standard InChI is InChI=1S/C18H28N2O3/c1-5-23-16(22)20-10-8-19(9-11-20)15(21)18-7-6-14(12-18)17(3,4)13(18)2/h14H,2,5-12H2,1,3-4H3. The quantitative estimate of drug-likeness (QED) is 0.735. The number of hydrogen-bond donors (Lipinski definition) is 0. The fourth-order valence-electron chi connectivity index (χ4n) is 4.73. The van der Waals surface area contributed by atoms with Gasteiger partial charge in [0, 0.05) is 26.2 Å². The summed E-state index contributed by atoms with van der Waals surface area (Å²) >= 11 is 0. The summed E-state index contributed by atoms with van der Waals surface area (Å²) in [5.74, 6) is 0.818. The highest BCUT2D eigenvalue weighted by Gasteiger charge is 2.61. The lowest BCUT2D eigenvalue weighted by Gasteiger charge is -2.42. The van der Waals surface area contributed by atoms with Crippen LogP contribution in [0.25, 0.3) is 0 Å². The molecule has 2 atom stereocenters. The van der Waals surface area contributed by atoms with Crippen molar-refractivity contribution in [3.05, 3.63) is 12.2 Å². The second kappa shape index (κ2) is 5.53. The van der Waals surface area contributed by atoms with Gasteiger partial charge in [-0.25, -0.2) is 4.79 Å². The Bertz CT molecular complexity index is 534. The Morgan fingerprint density at radius 2 is 1.83 bits per heavy atom. The van der Waals surface area contributed by atoms with E-state index in [0.717, 1.165) is 24.8 Å². The van der Waals surface area contributed by atoms with Gasteiger partial charge >= 0.3 is 6.09 Å². The van der Waals surface area contributed by atoms with E-state index in [-0.39, 0.29) is 22.8 Å². The first-order chi connectivity index (χ1) is 10.8. The van der Waals surface area contributed by atoms with Crippen LogP contribution < -0.4 is 0 Å². The summed E-state index contributed by atoms with van der Waals surface area (Å²) in [6, 6.07) is 0. The topological polar surface area (TPSA) is 49.9 Å². The summed E-state index contributed by atoms with van der Waals surface area (Å²) in [5.41, 5.74) is 0.847. The van der Waals surface area contributed by atoms with Gasteiger partial charge < -0.3 is 14.5 Å². The van der Waals surface area contributed by atoms with Gasteiger partial charge in [0.05, 0.1) is 12.0 Å².